The highest BCUT2D eigenvalue weighted by Crippen LogP contribution is 2.22. The van der Waals surface area contributed by atoms with Gasteiger partial charge in [-0.15, -0.1) is 0 Å². The molecule has 0 aromatic carbocycles. The van der Waals surface area contributed by atoms with E-state index in [1.165, 1.54) is 0 Å². The molecule has 5 heteroatoms. The van der Waals surface area contributed by atoms with E-state index in [2.05, 4.69) is 0 Å². The Balaban J connectivity index is 2.44. The normalized spacial score (nSPS) is 23.1. The van der Waals surface area contributed by atoms with Crippen molar-refractivity contribution in [2.75, 3.05) is 13.2 Å². The minimum Gasteiger partial charge on any atom is -0.381 e. The number of ketones is 1. The smallest absolute Gasteiger partial charge is 0.309 e. The van der Waals surface area contributed by atoms with E-state index in [0.29, 0.717) is 13.0 Å². The highest BCUT2D eigenvalue weighted by molar-refractivity contribution is 5.85. The molecule has 1 aliphatic heterocycles. The van der Waals surface area contributed by atoms with Gasteiger partial charge in [0.05, 0.1) is 13.0 Å². The fourth-order valence-electron chi connectivity index (χ4n) is 1.21. The first-order valence-electron chi connectivity index (χ1n) is 4.00. The molecule has 1 saturated heterocycles. The van der Waals surface area contributed by atoms with Gasteiger partial charge in [-0.05, 0) is 6.42 Å². The van der Waals surface area contributed by atoms with Crippen LogP contribution < -0.4 is 0 Å². The molecule has 1 heterocycles. The topological polar surface area (TPSA) is 43.4 Å². The quantitative estimate of drug-likeness (QED) is 0.619. The van der Waals surface area contributed by atoms with Gasteiger partial charge in [-0.2, -0.15) is 8.78 Å². The van der Waals surface area contributed by atoms with Crippen LogP contribution in [0.15, 0.2) is 0 Å². The molecule has 1 rings (SSSR count). The Hall–Kier alpha value is -0.840. The van der Waals surface area contributed by atoms with Crippen LogP contribution in [0.4, 0.5) is 8.78 Å². The first-order valence-corrected chi connectivity index (χ1v) is 4.00. The zero-order valence-corrected chi connectivity index (χ0v) is 6.96. The predicted octanol–water partition coefficient (Wildman–Crippen LogP) is 0.816. The summed E-state index contributed by atoms with van der Waals surface area (Å²) in [5.74, 6) is -4.56. The Morgan fingerprint density at radius 1 is 1.62 bits per heavy atom. The molecule has 1 atom stereocenters. The minimum absolute atomic E-state index is 0.202. The van der Waals surface area contributed by atoms with Gasteiger partial charge in [-0.3, -0.25) is 9.59 Å². The maximum Gasteiger partial charge on any atom is 0.309 e. The standard InChI is InChI=1S/C8H10F2O3/c9-8(10,5-11)3-7(12)6-1-2-13-4-6/h5-6H,1-4H2. The van der Waals surface area contributed by atoms with E-state index in [1.54, 1.807) is 0 Å². The van der Waals surface area contributed by atoms with Crippen LogP contribution in [0.5, 0.6) is 0 Å². The summed E-state index contributed by atoms with van der Waals surface area (Å²) in [6.07, 6.45) is -1.00. The molecule has 13 heavy (non-hydrogen) atoms. The second kappa shape index (κ2) is 3.91. The molecule has 1 unspecified atom stereocenters. The number of carbonyl (C=O) groups is 2. The summed E-state index contributed by atoms with van der Waals surface area (Å²) in [7, 11) is 0. The first-order chi connectivity index (χ1) is 6.05. The number of carbonyl (C=O) groups excluding carboxylic acids is 2. The third kappa shape index (κ3) is 2.84. The van der Waals surface area contributed by atoms with Crippen molar-refractivity contribution in [3.63, 3.8) is 0 Å². The number of aldehydes is 1. The van der Waals surface area contributed by atoms with Gasteiger partial charge in [0.25, 0.3) is 0 Å². The van der Waals surface area contributed by atoms with Gasteiger partial charge >= 0.3 is 5.92 Å². The van der Waals surface area contributed by atoms with E-state index in [9.17, 15) is 18.4 Å². The second-order valence-electron chi connectivity index (χ2n) is 3.08. The van der Waals surface area contributed by atoms with Crippen LogP contribution in [-0.2, 0) is 14.3 Å². The Labute approximate surface area is 74.1 Å². The van der Waals surface area contributed by atoms with Gasteiger partial charge in [-0.25, -0.2) is 0 Å². The highest BCUT2D eigenvalue weighted by atomic mass is 19.3. The van der Waals surface area contributed by atoms with Gasteiger partial charge in [-0.1, -0.05) is 0 Å². The molecule has 0 N–H and O–H groups in total. The van der Waals surface area contributed by atoms with E-state index >= 15 is 0 Å². The zero-order valence-electron chi connectivity index (χ0n) is 6.96. The summed E-state index contributed by atoms with van der Waals surface area (Å²) >= 11 is 0. The zero-order chi connectivity index (χ0) is 9.90. The van der Waals surface area contributed by atoms with Crippen LogP contribution in [0, 0.1) is 5.92 Å². The SMILES string of the molecule is O=CC(F)(F)CC(=O)C1CCOC1. The highest BCUT2D eigenvalue weighted by Gasteiger charge is 2.35. The Morgan fingerprint density at radius 2 is 2.31 bits per heavy atom. The monoisotopic (exact) mass is 192 g/mol. The molecule has 1 aliphatic rings. The summed E-state index contributed by atoms with van der Waals surface area (Å²) in [4.78, 5) is 20.9. The van der Waals surface area contributed by atoms with Crippen LogP contribution in [-0.4, -0.2) is 31.2 Å². The number of rotatable bonds is 4. The van der Waals surface area contributed by atoms with E-state index in [1.807, 2.05) is 0 Å². The fourth-order valence-corrected chi connectivity index (χ4v) is 1.21. The first kappa shape index (κ1) is 10.2. The van der Waals surface area contributed by atoms with E-state index < -0.39 is 30.3 Å². The molecular weight excluding hydrogens is 182 g/mol. The second-order valence-corrected chi connectivity index (χ2v) is 3.08. The van der Waals surface area contributed by atoms with E-state index in [4.69, 9.17) is 4.74 Å². The molecule has 1 fully saturated rings. The summed E-state index contributed by atoms with van der Waals surface area (Å²) in [6.45, 7) is 0.636. The lowest BCUT2D eigenvalue weighted by Gasteiger charge is -2.10. The van der Waals surface area contributed by atoms with Crippen molar-refractivity contribution in [3.8, 4) is 0 Å². The molecule has 0 bridgehead atoms. The van der Waals surface area contributed by atoms with Crippen molar-refractivity contribution in [2.24, 2.45) is 5.92 Å². The van der Waals surface area contributed by atoms with Gasteiger partial charge < -0.3 is 4.74 Å². The summed E-state index contributed by atoms with van der Waals surface area (Å²) in [6, 6.07) is 0. The lowest BCUT2D eigenvalue weighted by atomic mass is 9.99. The predicted molar refractivity (Wildman–Crippen MR) is 39.6 cm³/mol. The maximum absolute atomic E-state index is 12.4. The number of halogens is 2. The number of ether oxygens (including phenoxy) is 1. The van der Waals surface area contributed by atoms with Crippen molar-refractivity contribution in [3.05, 3.63) is 0 Å². The summed E-state index contributed by atoms with van der Waals surface area (Å²) < 4.78 is 29.7. The third-order valence-corrected chi connectivity index (χ3v) is 1.97. The van der Waals surface area contributed by atoms with E-state index in [0.717, 1.165) is 0 Å². The van der Waals surface area contributed by atoms with Gasteiger partial charge in [0.1, 0.15) is 5.78 Å². The molecule has 0 aromatic heterocycles. The average molecular weight is 192 g/mol. The molecule has 0 radical (unpaired) electrons. The van der Waals surface area contributed by atoms with Crippen molar-refractivity contribution in [1.82, 2.24) is 0 Å². The van der Waals surface area contributed by atoms with Crippen molar-refractivity contribution in [1.29, 1.82) is 0 Å². The van der Waals surface area contributed by atoms with Crippen molar-refractivity contribution >= 4 is 12.1 Å². The fraction of sp³-hybridized carbons (Fsp3) is 0.750. The number of alkyl halides is 2. The molecule has 0 spiro atoms. The van der Waals surface area contributed by atoms with Gasteiger partial charge in [0.2, 0.25) is 0 Å². The van der Waals surface area contributed by atoms with Crippen LogP contribution in [0.2, 0.25) is 0 Å². The Morgan fingerprint density at radius 3 is 2.77 bits per heavy atom. The number of Topliss-reactive ketones (excluding diaryl/α,β-unsaturated/α-hetero) is 1. The van der Waals surface area contributed by atoms with Crippen LogP contribution in [0.1, 0.15) is 12.8 Å². The molecular formula is C8H10F2O3. The van der Waals surface area contributed by atoms with Crippen LogP contribution in [0.25, 0.3) is 0 Å². The lowest BCUT2D eigenvalue weighted by Crippen LogP contribution is -2.27. The van der Waals surface area contributed by atoms with Crippen LogP contribution >= 0.6 is 0 Å². The van der Waals surface area contributed by atoms with Gasteiger partial charge in [0, 0.05) is 12.5 Å². The van der Waals surface area contributed by atoms with Gasteiger partial charge in [0.15, 0.2) is 6.29 Å². The Bertz CT molecular complexity index is 209. The third-order valence-electron chi connectivity index (χ3n) is 1.97. The lowest BCUT2D eigenvalue weighted by molar-refractivity contribution is -0.139. The molecule has 0 saturated carbocycles. The summed E-state index contributed by atoms with van der Waals surface area (Å²) in [5.41, 5.74) is 0. The largest absolute Gasteiger partial charge is 0.381 e. The minimum atomic E-state index is -3.51. The molecule has 0 aliphatic carbocycles. The van der Waals surface area contributed by atoms with E-state index in [-0.39, 0.29) is 6.61 Å². The maximum atomic E-state index is 12.4. The molecule has 74 valence electrons. The molecule has 3 nitrogen and oxygen atoms in total. The number of hydrogen-bond donors (Lipinski definition) is 0. The average Bonchev–Trinajstić information content (AvgIpc) is 2.55. The number of hydrogen-bond acceptors (Lipinski definition) is 3. The Kier molecular flexibility index (Phi) is 3.08. The van der Waals surface area contributed by atoms with Crippen LogP contribution in [0.3, 0.4) is 0 Å². The summed E-state index contributed by atoms with van der Waals surface area (Å²) in [5, 5.41) is 0. The van der Waals surface area contributed by atoms with Crippen molar-refractivity contribution < 1.29 is 23.1 Å². The molecule has 0 amide bonds. The van der Waals surface area contributed by atoms with Crippen molar-refractivity contribution in [2.45, 2.75) is 18.8 Å². The molecule has 0 aromatic rings.